The normalized spacial score (nSPS) is 22.7. The van der Waals surface area contributed by atoms with E-state index in [1.807, 2.05) is 24.4 Å². The number of rotatable bonds is 5. The lowest BCUT2D eigenvalue weighted by atomic mass is 9.81. The van der Waals surface area contributed by atoms with Crippen molar-refractivity contribution in [2.45, 2.75) is 38.6 Å². The van der Waals surface area contributed by atoms with E-state index in [4.69, 9.17) is 0 Å². The van der Waals surface area contributed by atoms with Gasteiger partial charge in [-0.1, -0.05) is 18.9 Å². The Hall–Kier alpha value is -2.77. The van der Waals surface area contributed by atoms with Gasteiger partial charge in [-0.25, -0.2) is 0 Å². The number of imide groups is 1. The quantitative estimate of drug-likeness (QED) is 0.804. The van der Waals surface area contributed by atoms with Gasteiger partial charge in [0.25, 0.3) is 0 Å². The van der Waals surface area contributed by atoms with E-state index in [0.717, 1.165) is 25.7 Å². The number of pyridine rings is 1. The maximum atomic E-state index is 12.4. The first-order chi connectivity index (χ1) is 12.6. The third-order valence-corrected chi connectivity index (χ3v) is 5.32. The first kappa shape index (κ1) is 16.7. The van der Waals surface area contributed by atoms with Crippen LogP contribution < -0.4 is 5.32 Å². The number of carbonyl (C=O) groups excluding carboxylic acids is 3. The van der Waals surface area contributed by atoms with Crippen LogP contribution in [0.5, 0.6) is 0 Å². The molecule has 26 heavy (non-hydrogen) atoms. The summed E-state index contributed by atoms with van der Waals surface area (Å²) in [5, 5.41) is 10.9. The van der Waals surface area contributed by atoms with Gasteiger partial charge in [-0.2, -0.15) is 0 Å². The highest BCUT2D eigenvalue weighted by Crippen LogP contribution is 2.37. The van der Waals surface area contributed by atoms with E-state index in [0.29, 0.717) is 11.5 Å². The Kier molecular flexibility index (Phi) is 4.40. The second-order valence-corrected chi connectivity index (χ2v) is 6.90. The van der Waals surface area contributed by atoms with Crippen LogP contribution >= 0.6 is 0 Å². The average molecular weight is 355 g/mol. The molecule has 8 nitrogen and oxygen atoms in total. The van der Waals surface area contributed by atoms with Gasteiger partial charge in [0.05, 0.1) is 18.4 Å². The van der Waals surface area contributed by atoms with Crippen molar-refractivity contribution < 1.29 is 14.4 Å². The highest BCUT2D eigenvalue weighted by Gasteiger charge is 2.47. The number of likely N-dealkylation sites (tertiary alicyclic amines) is 1. The van der Waals surface area contributed by atoms with Gasteiger partial charge in [-0.3, -0.25) is 23.7 Å². The van der Waals surface area contributed by atoms with Crippen LogP contribution in [0.3, 0.4) is 0 Å². The number of aromatic nitrogens is 3. The molecule has 3 heterocycles. The molecule has 2 atom stereocenters. The molecule has 2 aliphatic rings. The summed E-state index contributed by atoms with van der Waals surface area (Å²) in [6.07, 6.45) is 5.52. The summed E-state index contributed by atoms with van der Waals surface area (Å²) in [6, 6.07) is 5.57. The Morgan fingerprint density at radius 1 is 1.12 bits per heavy atom. The molecule has 1 saturated heterocycles. The SMILES string of the molecule is O=C(CCN1C(=O)C2CCCCC2C1=O)NCc1nnc2ccccn12. The van der Waals surface area contributed by atoms with Crippen LogP contribution in [0.1, 0.15) is 37.9 Å². The van der Waals surface area contributed by atoms with Gasteiger partial charge in [-0.05, 0) is 25.0 Å². The summed E-state index contributed by atoms with van der Waals surface area (Å²) >= 11 is 0. The van der Waals surface area contributed by atoms with Gasteiger partial charge >= 0.3 is 0 Å². The third-order valence-electron chi connectivity index (χ3n) is 5.32. The number of hydrogen-bond donors (Lipinski definition) is 1. The maximum Gasteiger partial charge on any atom is 0.233 e. The van der Waals surface area contributed by atoms with Crippen molar-refractivity contribution in [2.24, 2.45) is 11.8 Å². The molecular formula is C18H21N5O3. The predicted molar refractivity (Wildman–Crippen MR) is 91.6 cm³/mol. The second-order valence-electron chi connectivity index (χ2n) is 6.90. The molecule has 1 saturated carbocycles. The molecule has 2 fully saturated rings. The van der Waals surface area contributed by atoms with Gasteiger partial charge in [0.1, 0.15) is 0 Å². The summed E-state index contributed by atoms with van der Waals surface area (Å²) in [5.41, 5.74) is 0.715. The monoisotopic (exact) mass is 355 g/mol. The van der Waals surface area contributed by atoms with E-state index >= 15 is 0 Å². The Balaban J connectivity index is 1.31. The average Bonchev–Trinajstić information content (AvgIpc) is 3.19. The summed E-state index contributed by atoms with van der Waals surface area (Å²) in [5.74, 6) is -0.114. The number of fused-ring (bicyclic) bond motifs is 2. The number of nitrogens with zero attached hydrogens (tertiary/aromatic N) is 4. The van der Waals surface area contributed by atoms with Crippen LogP contribution in [0.2, 0.25) is 0 Å². The number of hydrogen-bond acceptors (Lipinski definition) is 5. The molecule has 0 radical (unpaired) electrons. The summed E-state index contributed by atoms with van der Waals surface area (Å²) < 4.78 is 1.80. The van der Waals surface area contributed by atoms with E-state index in [-0.39, 0.29) is 49.1 Å². The Labute approximate surface area is 150 Å². The largest absolute Gasteiger partial charge is 0.349 e. The van der Waals surface area contributed by atoms with E-state index in [9.17, 15) is 14.4 Å². The fourth-order valence-corrected chi connectivity index (χ4v) is 3.94. The van der Waals surface area contributed by atoms with Crippen LogP contribution in [0.25, 0.3) is 5.65 Å². The molecular weight excluding hydrogens is 334 g/mol. The second kappa shape index (κ2) is 6.86. The minimum absolute atomic E-state index is 0.101. The lowest BCUT2D eigenvalue weighted by molar-refractivity contribution is -0.140. The molecule has 4 rings (SSSR count). The summed E-state index contributed by atoms with van der Waals surface area (Å²) in [4.78, 5) is 38.2. The molecule has 0 aromatic carbocycles. The van der Waals surface area contributed by atoms with Crippen LogP contribution in [-0.4, -0.2) is 43.8 Å². The van der Waals surface area contributed by atoms with Gasteiger partial charge < -0.3 is 5.32 Å². The summed E-state index contributed by atoms with van der Waals surface area (Å²) in [7, 11) is 0. The topological polar surface area (TPSA) is 96.7 Å². The fourth-order valence-electron chi connectivity index (χ4n) is 3.94. The predicted octanol–water partition coefficient (Wildman–Crippen LogP) is 0.911. The first-order valence-electron chi connectivity index (χ1n) is 9.05. The van der Waals surface area contributed by atoms with Crippen molar-refractivity contribution in [1.82, 2.24) is 24.8 Å². The number of amides is 3. The van der Waals surface area contributed by atoms with Crippen LogP contribution in [-0.2, 0) is 20.9 Å². The highest BCUT2D eigenvalue weighted by atomic mass is 16.2. The van der Waals surface area contributed by atoms with E-state index in [2.05, 4.69) is 15.5 Å². The van der Waals surface area contributed by atoms with Crippen LogP contribution in [0, 0.1) is 11.8 Å². The Morgan fingerprint density at radius 3 is 2.58 bits per heavy atom. The highest BCUT2D eigenvalue weighted by molar-refractivity contribution is 6.05. The van der Waals surface area contributed by atoms with Crippen molar-refractivity contribution >= 4 is 23.4 Å². The minimum Gasteiger partial charge on any atom is -0.349 e. The van der Waals surface area contributed by atoms with E-state index < -0.39 is 0 Å². The molecule has 0 bridgehead atoms. The fraction of sp³-hybridized carbons (Fsp3) is 0.500. The zero-order valence-electron chi connectivity index (χ0n) is 14.4. The van der Waals surface area contributed by atoms with Gasteiger partial charge in [0.15, 0.2) is 11.5 Å². The standard InChI is InChI=1S/C18H21N5O3/c24-16(19-11-15-21-20-14-7-3-4-9-22(14)15)8-10-23-17(25)12-5-1-2-6-13(12)18(23)26/h3-4,7,9,12-13H,1-2,5-6,8,10-11H2,(H,19,24). The van der Waals surface area contributed by atoms with Crippen molar-refractivity contribution in [2.75, 3.05) is 6.54 Å². The smallest absolute Gasteiger partial charge is 0.233 e. The molecule has 1 aliphatic carbocycles. The molecule has 8 heteroatoms. The zero-order chi connectivity index (χ0) is 18.1. The third kappa shape index (κ3) is 2.95. The molecule has 2 unspecified atom stereocenters. The molecule has 1 N–H and O–H groups in total. The molecule has 2 aromatic heterocycles. The van der Waals surface area contributed by atoms with E-state index in [1.165, 1.54) is 4.90 Å². The maximum absolute atomic E-state index is 12.4. The zero-order valence-corrected chi connectivity index (χ0v) is 14.4. The van der Waals surface area contributed by atoms with Crippen molar-refractivity contribution in [1.29, 1.82) is 0 Å². The van der Waals surface area contributed by atoms with Crippen molar-refractivity contribution in [3.05, 3.63) is 30.2 Å². The lowest BCUT2D eigenvalue weighted by Crippen LogP contribution is -2.35. The Bertz CT molecular complexity index is 837. The van der Waals surface area contributed by atoms with Gasteiger partial charge in [0, 0.05) is 19.2 Å². The molecule has 2 aromatic rings. The van der Waals surface area contributed by atoms with Crippen molar-refractivity contribution in [3.63, 3.8) is 0 Å². The molecule has 3 amide bonds. The van der Waals surface area contributed by atoms with Gasteiger partial charge in [0.2, 0.25) is 17.7 Å². The Morgan fingerprint density at radius 2 is 1.85 bits per heavy atom. The number of nitrogens with one attached hydrogen (secondary N) is 1. The summed E-state index contributed by atoms with van der Waals surface area (Å²) in [6.45, 7) is 0.397. The van der Waals surface area contributed by atoms with Crippen molar-refractivity contribution in [3.8, 4) is 0 Å². The molecule has 1 aliphatic heterocycles. The number of carbonyl (C=O) groups is 3. The first-order valence-corrected chi connectivity index (χ1v) is 9.05. The van der Waals surface area contributed by atoms with Gasteiger partial charge in [-0.15, -0.1) is 10.2 Å². The van der Waals surface area contributed by atoms with Crippen LogP contribution in [0.15, 0.2) is 24.4 Å². The molecule has 0 spiro atoms. The van der Waals surface area contributed by atoms with E-state index in [1.54, 1.807) is 4.40 Å². The minimum atomic E-state index is -0.215. The van der Waals surface area contributed by atoms with Crippen LogP contribution in [0.4, 0.5) is 0 Å². The lowest BCUT2D eigenvalue weighted by Gasteiger charge is -2.19. The molecule has 136 valence electrons.